The Kier molecular flexibility index (Phi) is 4.93. The molecule has 0 aromatic heterocycles. The van der Waals surface area contributed by atoms with Crippen LogP contribution in [0.5, 0.6) is 0 Å². The second-order valence-electron chi connectivity index (χ2n) is 8.23. The molecule has 27 heavy (non-hydrogen) atoms. The molecule has 3 rings (SSSR count). The Morgan fingerprint density at radius 3 is 1.59 bits per heavy atom. The van der Waals surface area contributed by atoms with Gasteiger partial charge in [0.05, 0.1) is 5.69 Å². The van der Waals surface area contributed by atoms with Gasteiger partial charge in [-0.2, -0.15) is 0 Å². The average Bonchev–Trinajstić information content (AvgIpc) is 3.09. The van der Waals surface area contributed by atoms with Crippen LogP contribution in [0.1, 0.15) is 74.5 Å². The number of hydrogen-bond donors (Lipinski definition) is 0. The Morgan fingerprint density at radius 1 is 0.630 bits per heavy atom. The Hall–Kier alpha value is -2.15. The lowest BCUT2D eigenvalue weighted by atomic mass is 9.81. The SMILES string of the molecule is CC/C(=C1\C=Nc2c(C)c(C)c(C)c(C)c21)c1c(C)c(C)c(C)c(C)c1C. The topological polar surface area (TPSA) is 12.4 Å². The number of hydrogen-bond acceptors (Lipinski definition) is 1. The van der Waals surface area contributed by atoms with Crippen molar-refractivity contribution in [3.63, 3.8) is 0 Å². The Bertz CT molecular complexity index is 1000. The predicted molar refractivity (Wildman–Crippen MR) is 121 cm³/mol. The molecule has 1 heteroatoms. The zero-order valence-electron chi connectivity index (χ0n) is 18.7. The summed E-state index contributed by atoms with van der Waals surface area (Å²) in [7, 11) is 0. The van der Waals surface area contributed by atoms with Gasteiger partial charge < -0.3 is 0 Å². The van der Waals surface area contributed by atoms with Crippen molar-refractivity contribution in [3.05, 3.63) is 61.2 Å². The van der Waals surface area contributed by atoms with E-state index in [0.717, 1.165) is 6.42 Å². The van der Waals surface area contributed by atoms with Gasteiger partial charge in [0, 0.05) is 17.4 Å². The van der Waals surface area contributed by atoms with Crippen molar-refractivity contribution in [1.29, 1.82) is 0 Å². The molecule has 0 amide bonds. The maximum atomic E-state index is 4.88. The molecule has 2 aromatic rings. The molecule has 1 heterocycles. The van der Waals surface area contributed by atoms with Gasteiger partial charge in [-0.15, -0.1) is 0 Å². The van der Waals surface area contributed by atoms with Crippen LogP contribution in [0.15, 0.2) is 4.99 Å². The number of rotatable bonds is 2. The number of benzene rings is 2. The molecular formula is C26H33N. The highest BCUT2D eigenvalue weighted by molar-refractivity contribution is 6.25. The summed E-state index contributed by atoms with van der Waals surface area (Å²) in [4.78, 5) is 4.88. The van der Waals surface area contributed by atoms with Gasteiger partial charge in [0.1, 0.15) is 0 Å². The highest BCUT2D eigenvalue weighted by atomic mass is 14.8. The second-order valence-corrected chi connectivity index (χ2v) is 8.23. The number of allylic oxidation sites excluding steroid dienone is 2. The molecule has 0 N–H and O–H groups in total. The first-order valence-corrected chi connectivity index (χ1v) is 10.1. The summed E-state index contributed by atoms with van der Waals surface area (Å²) < 4.78 is 0. The first-order valence-electron chi connectivity index (χ1n) is 10.1. The van der Waals surface area contributed by atoms with Crippen LogP contribution in [0, 0.1) is 62.3 Å². The molecule has 1 nitrogen and oxygen atoms in total. The van der Waals surface area contributed by atoms with Crippen LogP contribution in [-0.2, 0) is 0 Å². The molecule has 1 aliphatic heterocycles. The van der Waals surface area contributed by atoms with Crippen LogP contribution in [0.2, 0.25) is 0 Å². The fourth-order valence-electron chi connectivity index (χ4n) is 4.66. The number of nitrogens with zero attached hydrogens (tertiary/aromatic N) is 1. The number of aliphatic imine (C=N–C) groups is 1. The molecule has 0 spiro atoms. The van der Waals surface area contributed by atoms with Gasteiger partial charge in [-0.3, -0.25) is 4.99 Å². The highest BCUT2D eigenvalue weighted by Crippen LogP contribution is 2.45. The van der Waals surface area contributed by atoms with Crippen LogP contribution in [0.4, 0.5) is 5.69 Å². The van der Waals surface area contributed by atoms with Gasteiger partial charge in [-0.1, -0.05) is 6.92 Å². The van der Waals surface area contributed by atoms with Crippen molar-refractivity contribution in [2.24, 2.45) is 4.99 Å². The molecule has 0 radical (unpaired) electrons. The minimum absolute atomic E-state index is 1.01. The largest absolute Gasteiger partial charge is 0.255 e. The van der Waals surface area contributed by atoms with E-state index in [2.05, 4.69) is 75.5 Å². The lowest BCUT2D eigenvalue weighted by Crippen LogP contribution is -2.05. The molecule has 0 saturated heterocycles. The van der Waals surface area contributed by atoms with Gasteiger partial charge >= 0.3 is 0 Å². The zero-order valence-corrected chi connectivity index (χ0v) is 18.7. The molecule has 0 atom stereocenters. The predicted octanol–water partition coefficient (Wildman–Crippen LogP) is 7.50. The molecule has 0 aliphatic carbocycles. The Morgan fingerprint density at radius 2 is 1.07 bits per heavy atom. The first kappa shape index (κ1) is 19.6. The van der Waals surface area contributed by atoms with E-state index in [1.54, 1.807) is 0 Å². The molecule has 2 aromatic carbocycles. The molecule has 0 unspecified atom stereocenters. The van der Waals surface area contributed by atoms with Crippen LogP contribution >= 0.6 is 0 Å². The quantitative estimate of drug-likeness (QED) is 0.526. The van der Waals surface area contributed by atoms with Crippen molar-refractivity contribution >= 4 is 23.0 Å². The average molecular weight is 360 g/mol. The van der Waals surface area contributed by atoms with E-state index in [1.807, 2.05) is 0 Å². The molecule has 0 fully saturated rings. The van der Waals surface area contributed by atoms with E-state index in [-0.39, 0.29) is 0 Å². The minimum Gasteiger partial charge on any atom is -0.255 e. The molecule has 1 aliphatic rings. The summed E-state index contributed by atoms with van der Waals surface area (Å²) in [5.74, 6) is 0. The van der Waals surface area contributed by atoms with Gasteiger partial charge in [-0.25, -0.2) is 0 Å². The van der Waals surface area contributed by atoms with E-state index < -0.39 is 0 Å². The van der Waals surface area contributed by atoms with Gasteiger partial charge in [0.25, 0.3) is 0 Å². The van der Waals surface area contributed by atoms with E-state index >= 15 is 0 Å². The Balaban J connectivity index is 2.43. The van der Waals surface area contributed by atoms with Crippen molar-refractivity contribution in [1.82, 2.24) is 0 Å². The second kappa shape index (κ2) is 6.78. The fraction of sp³-hybridized carbons (Fsp3) is 0.423. The van der Waals surface area contributed by atoms with E-state index in [0.29, 0.717) is 0 Å². The maximum absolute atomic E-state index is 4.88. The van der Waals surface area contributed by atoms with Crippen LogP contribution in [0.3, 0.4) is 0 Å². The van der Waals surface area contributed by atoms with Crippen LogP contribution < -0.4 is 0 Å². The van der Waals surface area contributed by atoms with Gasteiger partial charge in [0.2, 0.25) is 0 Å². The summed E-state index contributed by atoms with van der Waals surface area (Å²) in [5.41, 5.74) is 19.3. The molecule has 0 saturated carbocycles. The lowest BCUT2D eigenvalue weighted by molar-refractivity contribution is 1.13. The number of fused-ring (bicyclic) bond motifs is 1. The maximum Gasteiger partial charge on any atom is 0.0743 e. The summed E-state index contributed by atoms with van der Waals surface area (Å²) in [6.07, 6.45) is 3.13. The fourth-order valence-corrected chi connectivity index (χ4v) is 4.66. The van der Waals surface area contributed by atoms with E-state index in [4.69, 9.17) is 4.99 Å². The normalized spacial score (nSPS) is 14.7. The monoisotopic (exact) mass is 359 g/mol. The van der Waals surface area contributed by atoms with Gasteiger partial charge in [0.15, 0.2) is 0 Å². The Labute approximate surface area is 165 Å². The zero-order chi connectivity index (χ0) is 20.2. The molecular weight excluding hydrogens is 326 g/mol. The van der Waals surface area contributed by atoms with Crippen molar-refractivity contribution in [3.8, 4) is 0 Å². The van der Waals surface area contributed by atoms with E-state index in [9.17, 15) is 0 Å². The smallest absolute Gasteiger partial charge is 0.0743 e. The summed E-state index contributed by atoms with van der Waals surface area (Å²) in [5, 5.41) is 0. The minimum atomic E-state index is 1.01. The third-order valence-corrected chi connectivity index (χ3v) is 7.23. The molecule has 0 bridgehead atoms. The standard InChI is InChI=1S/C26H33N/c1-11-22(24-18(7)14(3)13(2)15(4)19(24)8)23-12-27-26-21(10)17(6)16(5)20(9)25(23)26/h12H,11H2,1-10H3/b23-22-. The highest BCUT2D eigenvalue weighted by Gasteiger charge is 2.25. The summed E-state index contributed by atoms with van der Waals surface area (Å²) in [6, 6.07) is 0. The first-order chi connectivity index (χ1) is 12.6. The van der Waals surface area contributed by atoms with Crippen LogP contribution in [0.25, 0.3) is 11.1 Å². The van der Waals surface area contributed by atoms with Crippen molar-refractivity contribution in [2.45, 2.75) is 75.7 Å². The summed E-state index contributed by atoms with van der Waals surface area (Å²) in [6.45, 7) is 22.6. The van der Waals surface area contributed by atoms with E-state index in [1.165, 1.54) is 78.0 Å². The third-order valence-electron chi connectivity index (χ3n) is 7.23. The van der Waals surface area contributed by atoms with Gasteiger partial charge in [-0.05, 0) is 130 Å². The lowest BCUT2D eigenvalue weighted by Gasteiger charge is -2.23. The third kappa shape index (κ3) is 2.71. The summed E-state index contributed by atoms with van der Waals surface area (Å²) >= 11 is 0. The molecule has 142 valence electrons. The van der Waals surface area contributed by atoms with Crippen molar-refractivity contribution in [2.75, 3.05) is 0 Å². The van der Waals surface area contributed by atoms with Crippen molar-refractivity contribution < 1.29 is 0 Å². The van der Waals surface area contributed by atoms with Crippen LogP contribution in [-0.4, -0.2) is 6.21 Å².